The highest BCUT2D eigenvalue weighted by atomic mass is 32.1. The van der Waals surface area contributed by atoms with Crippen LogP contribution >= 0.6 is 11.3 Å². The number of carbonyl (C=O) groups excluding carboxylic acids is 1. The Labute approximate surface area is 148 Å². The molecule has 0 saturated carbocycles. The summed E-state index contributed by atoms with van der Waals surface area (Å²) in [5.41, 5.74) is 1.98. The van der Waals surface area contributed by atoms with Crippen LogP contribution in [0.3, 0.4) is 0 Å². The molecule has 0 saturated heterocycles. The number of ether oxygens (including phenoxy) is 1. The maximum absolute atomic E-state index is 12.1. The molecule has 0 aliphatic carbocycles. The van der Waals surface area contributed by atoms with Crippen LogP contribution in [0.1, 0.15) is 27.9 Å². The van der Waals surface area contributed by atoms with Gasteiger partial charge in [-0.3, -0.25) is 10.1 Å². The Morgan fingerprint density at radius 3 is 2.84 bits per heavy atom. The van der Waals surface area contributed by atoms with Crippen LogP contribution in [0, 0.1) is 6.92 Å². The molecule has 0 aliphatic rings. The first-order valence-electron chi connectivity index (χ1n) is 7.51. The van der Waals surface area contributed by atoms with Crippen LogP contribution in [0.15, 0.2) is 40.4 Å². The SMILES string of the molecule is COCC(Nc1ccc(C(=O)Nc2nncs2)cn1)c1ccc(C)o1. The number of nitrogens with one attached hydrogen (secondary N) is 2. The number of pyridine rings is 1. The number of anilines is 2. The summed E-state index contributed by atoms with van der Waals surface area (Å²) in [6, 6.07) is 7.03. The van der Waals surface area contributed by atoms with Crippen molar-refractivity contribution >= 4 is 28.2 Å². The molecule has 3 heterocycles. The van der Waals surface area contributed by atoms with Crippen LogP contribution in [0.4, 0.5) is 10.9 Å². The normalized spacial score (nSPS) is 11.9. The highest BCUT2D eigenvalue weighted by Crippen LogP contribution is 2.21. The number of hydrogen-bond acceptors (Lipinski definition) is 8. The molecule has 3 rings (SSSR count). The van der Waals surface area contributed by atoms with Gasteiger partial charge in [-0.1, -0.05) is 11.3 Å². The van der Waals surface area contributed by atoms with E-state index in [1.165, 1.54) is 17.5 Å². The van der Waals surface area contributed by atoms with E-state index in [1.807, 2.05) is 19.1 Å². The molecule has 0 aromatic carbocycles. The molecule has 0 spiro atoms. The van der Waals surface area contributed by atoms with E-state index in [4.69, 9.17) is 9.15 Å². The number of hydrogen-bond donors (Lipinski definition) is 2. The second-order valence-electron chi connectivity index (χ2n) is 5.23. The van der Waals surface area contributed by atoms with E-state index >= 15 is 0 Å². The lowest BCUT2D eigenvalue weighted by Gasteiger charge is -2.16. The number of aryl methyl sites for hydroxylation is 1. The van der Waals surface area contributed by atoms with Gasteiger partial charge in [-0.15, -0.1) is 10.2 Å². The zero-order chi connectivity index (χ0) is 17.6. The van der Waals surface area contributed by atoms with Crippen molar-refractivity contribution in [1.82, 2.24) is 15.2 Å². The zero-order valence-corrected chi connectivity index (χ0v) is 14.5. The second-order valence-corrected chi connectivity index (χ2v) is 6.06. The lowest BCUT2D eigenvalue weighted by Crippen LogP contribution is -2.17. The average Bonchev–Trinajstić information content (AvgIpc) is 3.27. The highest BCUT2D eigenvalue weighted by molar-refractivity contribution is 7.13. The van der Waals surface area contributed by atoms with Gasteiger partial charge in [0.2, 0.25) is 5.13 Å². The molecule has 0 bridgehead atoms. The Hall–Kier alpha value is -2.78. The molecule has 1 amide bonds. The monoisotopic (exact) mass is 359 g/mol. The van der Waals surface area contributed by atoms with Crippen molar-refractivity contribution < 1.29 is 13.9 Å². The average molecular weight is 359 g/mol. The number of aromatic nitrogens is 3. The van der Waals surface area contributed by atoms with Crippen LogP contribution in [0.25, 0.3) is 0 Å². The summed E-state index contributed by atoms with van der Waals surface area (Å²) in [5, 5.41) is 13.8. The topological polar surface area (TPSA) is 102 Å². The van der Waals surface area contributed by atoms with E-state index < -0.39 is 0 Å². The lowest BCUT2D eigenvalue weighted by atomic mass is 10.2. The summed E-state index contributed by atoms with van der Waals surface area (Å²) in [4.78, 5) is 16.4. The summed E-state index contributed by atoms with van der Waals surface area (Å²) in [5.74, 6) is 1.92. The predicted molar refractivity (Wildman–Crippen MR) is 93.8 cm³/mol. The maximum Gasteiger partial charge on any atom is 0.259 e. The van der Waals surface area contributed by atoms with Crippen LogP contribution < -0.4 is 10.6 Å². The lowest BCUT2D eigenvalue weighted by molar-refractivity contribution is 0.102. The van der Waals surface area contributed by atoms with Gasteiger partial charge in [-0.25, -0.2) is 4.98 Å². The molecule has 9 heteroatoms. The third-order valence-corrected chi connectivity index (χ3v) is 3.97. The minimum atomic E-state index is -0.286. The van der Waals surface area contributed by atoms with Gasteiger partial charge >= 0.3 is 0 Å². The van der Waals surface area contributed by atoms with Crippen LogP contribution in [0.5, 0.6) is 0 Å². The van der Waals surface area contributed by atoms with Gasteiger partial charge in [0.05, 0.1) is 12.2 Å². The fourth-order valence-electron chi connectivity index (χ4n) is 2.19. The Balaban J connectivity index is 1.67. The van der Waals surface area contributed by atoms with Crippen molar-refractivity contribution in [2.75, 3.05) is 24.4 Å². The zero-order valence-electron chi connectivity index (χ0n) is 13.7. The van der Waals surface area contributed by atoms with Gasteiger partial charge < -0.3 is 14.5 Å². The van der Waals surface area contributed by atoms with Crippen molar-refractivity contribution in [1.29, 1.82) is 0 Å². The summed E-state index contributed by atoms with van der Waals surface area (Å²) >= 11 is 1.25. The standard InChI is InChI=1S/C16H17N5O3S/c1-10-3-5-13(24-10)12(8-23-2)19-14-6-4-11(7-17-14)15(22)20-16-21-18-9-25-16/h3-7,9,12H,8H2,1-2H3,(H,17,19)(H,20,21,22). The third kappa shape index (κ3) is 4.40. The molecule has 1 unspecified atom stereocenters. The van der Waals surface area contributed by atoms with Crippen LogP contribution in [0.2, 0.25) is 0 Å². The highest BCUT2D eigenvalue weighted by Gasteiger charge is 2.16. The number of nitrogens with zero attached hydrogens (tertiary/aromatic N) is 3. The summed E-state index contributed by atoms with van der Waals surface area (Å²) in [6.07, 6.45) is 1.50. The fourth-order valence-corrected chi connectivity index (χ4v) is 2.63. The van der Waals surface area contributed by atoms with Gasteiger partial charge in [0.15, 0.2) is 0 Å². The number of amides is 1. The molecule has 130 valence electrons. The van der Waals surface area contributed by atoms with E-state index in [1.54, 1.807) is 24.8 Å². The largest absolute Gasteiger partial charge is 0.464 e. The first kappa shape index (κ1) is 17.1. The molecule has 3 aromatic heterocycles. The molecule has 0 fully saturated rings. The van der Waals surface area contributed by atoms with Gasteiger partial charge in [-0.2, -0.15) is 0 Å². The molecule has 1 atom stereocenters. The molecule has 3 aromatic rings. The van der Waals surface area contributed by atoms with Crippen molar-refractivity contribution in [3.8, 4) is 0 Å². The van der Waals surface area contributed by atoms with E-state index in [0.717, 1.165) is 11.5 Å². The number of furan rings is 1. The molecule has 25 heavy (non-hydrogen) atoms. The van der Waals surface area contributed by atoms with Gasteiger partial charge in [0, 0.05) is 13.3 Å². The predicted octanol–water partition coefficient (Wildman–Crippen LogP) is 2.89. The van der Waals surface area contributed by atoms with E-state index in [0.29, 0.717) is 23.1 Å². The van der Waals surface area contributed by atoms with Crippen LogP contribution in [-0.2, 0) is 4.74 Å². The first-order chi connectivity index (χ1) is 12.2. The van der Waals surface area contributed by atoms with Crippen molar-refractivity contribution in [2.45, 2.75) is 13.0 Å². The van der Waals surface area contributed by atoms with Crippen molar-refractivity contribution in [3.05, 3.63) is 53.1 Å². The number of carbonyl (C=O) groups is 1. The Kier molecular flexibility index (Phi) is 5.36. The number of rotatable bonds is 7. The molecule has 0 radical (unpaired) electrons. The van der Waals surface area contributed by atoms with Gasteiger partial charge in [-0.05, 0) is 31.2 Å². The quantitative estimate of drug-likeness (QED) is 0.668. The fraction of sp³-hybridized carbons (Fsp3) is 0.250. The molecule has 0 aliphatic heterocycles. The molecular weight excluding hydrogens is 342 g/mol. The van der Waals surface area contributed by atoms with E-state index in [2.05, 4.69) is 25.8 Å². The second kappa shape index (κ2) is 7.86. The first-order valence-corrected chi connectivity index (χ1v) is 8.39. The van der Waals surface area contributed by atoms with Gasteiger partial charge in [0.25, 0.3) is 5.91 Å². The van der Waals surface area contributed by atoms with E-state index in [9.17, 15) is 4.79 Å². The van der Waals surface area contributed by atoms with Gasteiger partial charge in [0.1, 0.15) is 28.9 Å². The minimum absolute atomic E-state index is 0.174. The Bertz CT molecular complexity index is 817. The summed E-state index contributed by atoms with van der Waals surface area (Å²) < 4.78 is 10.9. The molecule has 8 nitrogen and oxygen atoms in total. The Morgan fingerprint density at radius 2 is 2.24 bits per heavy atom. The third-order valence-electron chi connectivity index (χ3n) is 3.37. The molecular formula is C16H17N5O3S. The summed E-state index contributed by atoms with van der Waals surface area (Å²) in [7, 11) is 1.62. The maximum atomic E-state index is 12.1. The smallest absolute Gasteiger partial charge is 0.259 e. The van der Waals surface area contributed by atoms with Crippen molar-refractivity contribution in [3.63, 3.8) is 0 Å². The van der Waals surface area contributed by atoms with Crippen molar-refractivity contribution in [2.24, 2.45) is 0 Å². The minimum Gasteiger partial charge on any atom is -0.464 e. The molecule has 2 N–H and O–H groups in total. The Morgan fingerprint density at radius 1 is 1.36 bits per heavy atom. The van der Waals surface area contributed by atoms with E-state index in [-0.39, 0.29) is 11.9 Å². The number of methoxy groups -OCH3 is 1. The summed E-state index contributed by atoms with van der Waals surface area (Å²) in [6.45, 7) is 2.31. The van der Waals surface area contributed by atoms with Crippen LogP contribution in [-0.4, -0.2) is 34.8 Å².